The number of nitrogens with zero attached hydrogens (tertiary/aromatic N) is 4. The average Bonchev–Trinajstić information content (AvgIpc) is 2.99. The molecule has 0 atom stereocenters. The molecule has 0 bridgehead atoms. The molecule has 0 spiro atoms. The third kappa shape index (κ3) is 2.95. The Kier molecular flexibility index (Phi) is 4.62. The van der Waals surface area contributed by atoms with Crippen molar-refractivity contribution in [3.63, 3.8) is 0 Å². The smallest absolute Gasteiger partial charge is 0.121 e. The molecule has 5 nitrogen and oxygen atoms in total. The van der Waals surface area contributed by atoms with Crippen LogP contribution in [0.25, 0.3) is 11.0 Å². The maximum atomic E-state index is 5.26. The molecule has 0 aliphatic heterocycles. The fourth-order valence-electron chi connectivity index (χ4n) is 3.60. The van der Waals surface area contributed by atoms with E-state index >= 15 is 0 Å². The van der Waals surface area contributed by atoms with E-state index in [2.05, 4.69) is 28.9 Å². The molecule has 1 fully saturated rings. The number of hydrogen-bond donors (Lipinski definition) is 0. The van der Waals surface area contributed by atoms with Crippen LogP contribution in [0.3, 0.4) is 0 Å². The number of methoxy groups -OCH3 is 1. The molecule has 22 heavy (non-hydrogen) atoms. The number of rotatable bonds is 5. The standard InChI is InChI=1S/C17H26N4O/c1-4-20(5-2)13-6-8-14(9-7-13)21-18-16-11-10-15(22-3)12-17(16)19-21/h10-14H,4-9H2,1-3H3. The van der Waals surface area contributed by atoms with Crippen molar-refractivity contribution in [2.45, 2.75) is 51.6 Å². The minimum Gasteiger partial charge on any atom is -0.497 e. The van der Waals surface area contributed by atoms with Gasteiger partial charge >= 0.3 is 0 Å². The summed E-state index contributed by atoms with van der Waals surface area (Å²) in [5.41, 5.74) is 1.87. The lowest BCUT2D eigenvalue weighted by Crippen LogP contribution is -2.38. The van der Waals surface area contributed by atoms with Crippen LogP contribution < -0.4 is 4.74 Å². The van der Waals surface area contributed by atoms with Crippen molar-refractivity contribution in [3.05, 3.63) is 18.2 Å². The first-order valence-corrected chi connectivity index (χ1v) is 8.39. The molecule has 1 aromatic heterocycles. The fourth-order valence-corrected chi connectivity index (χ4v) is 3.60. The van der Waals surface area contributed by atoms with E-state index in [0.29, 0.717) is 6.04 Å². The summed E-state index contributed by atoms with van der Waals surface area (Å²) in [4.78, 5) is 4.51. The number of benzene rings is 1. The summed E-state index contributed by atoms with van der Waals surface area (Å²) in [6.45, 7) is 6.81. The monoisotopic (exact) mass is 302 g/mol. The van der Waals surface area contributed by atoms with Crippen LogP contribution in [0.2, 0.25) is 0 Å². The van der Waals surface area contributed by atoms with Crippen LogP contribution in [0.1, 0.15) is 45.6 Å². The molecule has 5 heteroatoms. The van der Waals surface area contributed by atoms with Gasteiger partial charge in [-0.15, -0.1) is 0 Å². The van der Waals surface area contributed by atoms with Gasteiger partial charge in [0, 0.05) is 12.1 Å². The van der Waals surface area contributed by atoms with Gasteiger partial charge in [-0.05, 0) is 50.9 Å². The SMILES string of the molecule is CCN(CC)C1CCC(n2nc3ccc(OC)cc3n2)CC1. The van der Waals surface area contributed by atoms with Crippen LogP contribution in [0, 0.1) is 0 Å². The second-order valence-corrected chi connectivity index (χ2v) is 6.06. The summed E-state index contributed by atoms with van der Waals surface area (Å²) in [7, 11) is 1.68. The van der Waals surface area contributed by atoms with Crippen LogP contribution in [0.4, 0.5) is 0 Å². The van der Waals surface area contributed by atoms with Gasteiger partial charge in [-0.2, -0.15) is 15.0 Å². The molecule has 1 heterocycles. The Labute approximate surface area is 132 Å². The van der Waals surface area contributed by atoms with E-state index in [-0.39, 0.29) is 0 Å². The summed E-state index contributed by atoms with van der Waals surface area (Å²) in [5.74, 6) is 0.838. The summed E-state index contributed by atoms with van der Waals surface area (Å²) >= 11 is 0. The molecule has 1 saturated carbocycles. The second-order valence-electron chi connectivity index (χ2n) is 6.06. The Morgan fingerprint density at radius 1 is 1.09 bits per heavy atom. The largest absolute Gasteiger partial charge is 0.497 e. The molecular weight excluding hydrogens is 276 g/mol. The predicted octanol–water partition coefficient (Wildman–Crippen LogP) is 3.27. The van der Waals surface area contributed by atoms with Gasteiger partial charge in [-0.3, -0.25) is 0 Å². The van der Waals surface area contributed by atoms with Crippen LogP contribution >= 0.6 is 0 Å². The molecule has 3 rings (SSSR count). The maximum Gasteiger partial charge on any atom is 0.121 e. The first-order valence-electron chi connectivity index (χ1n) is 8.39. The minimum absolute atomic E-state index is 0.435. The van der Waals surface area contributed by atoms with Gasteiger partial charge in [0.15, 0.2) is 0 Å². The highest BCUT2D eigenvalue weighted by molar-refractivity contribution is 5.75. The lowest BCUT2D eigenvalue weighted by atomic mass is 9.90. The Hall–Kier alpha value is -1.62. The first kappa shape index (κ1) is 15.3. The molecule has 2 aromatic rings. The Bertz CT molecular complexity index is 612. The highest BCUT2D eigenvalue weighted by atomic mass is 16.5. The van der Waals surface area contributed by atoms with Gasteiger partial charge in [-0.1, -0.05) is 13.8 Å². The summed E-state index contributed by atoms with van der Waals surface area (Å²) < 4.78 is 5.26. The quantitative estimate of drug-likeness (QED) is 0.850. The lowest BCUT2D eigenvalue weighted by Gasteiger charge is -2.35. The van der Waals surface area contributed by atoms with Gasteiger partial charge in [0.2, 0.25) is 0 Å². The van der Waals surface area contributed by atoms with E-state index in [9.17, 15) is 0 Å². The predicted molar refractivity (Wildman–Crippen MR) is 88.3 cm³/mol. The van der Waals surface area contributed by atoms with Gasteiger partial charge in [0.25, 0.3) is 0 Å². The Morgan fingerprint density at radius 3 is 2.41 bits per heavy atom. The van der Waals surface area contributed by atoms with E-state index < -0.39 is 0 Å². The molecule has 0 radical (unpaired) electrons. The molecular formula is C17H26N4O. The van der Waals surface area contributed by atoms with Crippen molar-refractivity contribution < 1.29 is 4.74 Å². The third-order valence-electron chi connectivity index (χ3n) is 4.92. The van der Waals surface area contributed by atoms with Crippen LogP contribution in [0.5, 0.6) is 5.75 Å². The van der Waals surface area contributed by atoms with Crippen LogP contribution in [0.15, 0.2) is 18.2 Å². The van der Waals surface area contributed by atoms with Gasteiger partial charge in [0.1, 0.15) is 16.8 Å². The van der Waals surface area contributed by atoms with Crippen molar-refractivity contribution in [3.8, 4) is 5.75 Å². The molecule has 0 saturated heterocycles. The molecule has 120 valence electrons. The van der Waals surface area contributed by atoms with E-state index in [1.54, 1.807) is 7.11 Å². The third-order valence-corrected chi connectivity index (χ3v) is 4.92. The molecule has 1 aromatic carbocycles. The Morgan fingerprint density at radius 2 is 1.77 bits per heavy atom. The molecule has 0 unspecified atom stereocenters. The van der Waals surface area contributed by atoms with Crippen molar-refractivity contribution in [1.82, 2.24) is 19.9 Å². The molecule has 0 N–H and O–H groups in total. The summed E-state index contributed by atoms with van der Waals surface area (Å²) in [5, 5.41) is 9.33. The zero-order chi connectivity index (χ0) is 15.5. The van der Waals surface area contributed by atoms with Gasteiger partial charge < -0.3 is 9.64 Å². The number of aromatic nitrogens is 3. The highest BCUT2D eigenvalue weighted by Crippen LogP contribution is 2.31. The van der Waals surface area contributed by atoms with Crippen molar-refractivity contribution in [2.75, 3.05) is 20.2 Å². The van der Waals surface area contributed by atoms with E-state index in [1.807, 2.05) is 23.0 Å². The summed E-state index contributed by atoms with van der Waals surface area (Å²) in [6, 6.07) is 7.06. The first-order chi connectivity index (χ1) is 10.7. The second kappa shape index (κ2) is 6.65. The molecule has 1 aliphatic rings. The van der Waals surface area contributed by atoms with E-state index in [0.717, 1.165) is 35.9 Å². The fraction of sp³-hybridized carbons (Fsp3) is 0.647. The van der Waals surface area contributed by atoms with Gasteiger partial charge in [0.05, 0.1) is 13.2 Å². The van der Waals surface area contributed by atoms with Crippen molar-refractivity contribution in [1.29, 1.82) is 0 Å². The van der Waals surface area contributed by atoms with Crippen LogP contribution in [-0.4, -0.2) is 46.1 Å². The zero-order valence-corrected chi connectivity index (χ0v) is 13.8. The average molecular weight is 302 g/mol. The molecule has 0 amide bonds. The van der Waals surface area contributed by atoms with Gasteiger partial charge in [-0.25, -0.2) is 0 Å². The van der Waals surface area contributed by atoms with E-state index in [1.165, 1.54) is 25.7 Å². The van der Waals surface area contributed by atoms with Crippen molar-refractivity contribution >= 4 is 11.0 Å². The van der Waals surface area contributed by atoms with E-state index in [4.69, 9.17) is 4.74 Å². The summed E-state index contributed by atoms with van der Waals surface area (Å²) in [6.07, 6.45) is 4.82. The van der Waals surface area contributed by atoms with Crippen molar-refractivity contribution in [2.24, 2.45) is 0 Å². The number of fused-ring (bicyclic) bond motifs is 1. The highest BCUT2D eigenvalue weighted by Gasteiger charge is 2.26. The maximum absolute atomic E-state index is 5.26. The zero-order valence-electron chi connectivity index (χ0n) is 13.8. The number of hydrogen-bond acceptors (Lipinski definition) is 4. The molecule has 1 aliphatic carbocycles. The topological polar surface area (TPSA) is 43.2 Å². The van der Waals surface area contributed by atoms with Crippen LogP contribution in [-0.2, 0) is 0 Å². The number of ether oxygens (including phenoxy) is 1. The Balaban J connectivity index is 1.71. The lowest BCUT2D eigenvalue weighted by molar-refractivity contribution is 0.143. The minimum atomic E-state index is 0.435. The normalized spacial score (nSPS) is 22.4.